The topological polar surface area (TPSA) is 84.5 Å². The van der Waals surface area contributed by atoms with Crippen LogP contribution in [0, 0.1) is 5.92 Å². The van der Waals surface area contributed by atoms with E-state index in [0.29, 0.717) is 5.92 Å². The van der Waals surface area contributed by atoms with E-state index in [9.17, 15) is 13.2 Å². The van der Waals surface area contributed by atoms with Crippen molar-refractivity contribution in [3.05, 3.63) is 106 Å². The molecule has 0 bridgehead atoms. The number of rotatable bonds is 8. The van der Waals surface area contributed by atoms with E-state index in [1.165, 1.54) is 44.0 Å². The number of nitrogens with zero attached hydrogens (tertiary/aromatic N) is 3. The molecule has 1 N–H and O–H groups in total. The van der Waals surface area contributed by atoms with Gasteiger partial charge in [-0.05, 0) is 96.9 Å². The van der Waals surface area contributed by atoms with Crippen LogP contribution in [-0.2, 0) is 26.0 Å². The molecule has 242 valence electrons. The van der Waals surface area contributed by atoms with Crippen molar-refractivity contribution < 1.29 is 22.0 Å². The number of aryl methyl sites for hydroxylation is 1. The Balaban J connectivity index is 1.19. The Labute approximate surface area is 287 Å². The molecular formula is C35H35N4O4S4+. The van der Waals surface area contributed by atoms with Gasteiger partial charge in [-0.25, -0.2) is 8.42 Å². The number of anilines is 1. The summed E-state index contributed by atoms with van der Waals surface area (Å²) in [5, 5.41) is 2.13. The minimum absolute atomic E-state index is 0.0998. The van der Waals surface area contributed by atoms with E-state index in [1.54, 1.807) is 30.2 Å². The van der Waals surface area contributed by atoms with E-state index in [2.05, 4.69) is 71.0 Å². The summed E-state index contributed by atoms with van der Waals surface area (Å²) in [6, 6.07) is 16.5. The minimum atomic E-state index is -3.67. The first kappa shape index (κ1) is 32.0. The predicted molar refractivity (Wildman–Crippen MR) is 192 cm³/mol. The molecule has 3 aliphatic rings. The van der Waals surface area contributed by atoms with Crippen molar-refractivity contribution in [3.63, 3.8) is 0 Å². The van der Waals surface area contributed by atoms with Gasteiger partial charge >= 0.3 is 0 Å². The lowest BCUT2D eigenvalue weighted by molar-refractivity contribution is -0.642. The summed E-state index contributed by atoms with van der Waals surface area (Å²) in [5.74, 6) is -0.0305. The molecule has 0 saturated heterocycles. The second-order valence-electron chi connectivity index (χ2n) is 11.9. The van der Waals surface area contributed by atoms with Gasteiger partial charge in [0.15, 0.2) is 0 Å². The summed E-state index contributed by atoms with van der Waals surface area (Å²) in [7, 11) is 0.135. The molecule has 47 heavy (non-hydrogen) atoms. The molecule has 1 amide bonds. The van der Waals surface area contributed by atoms with Crippen LogP contribution in [0.15, 0.2) is 111 Å². The van der Waals surface area contributed by atoms with Crippen molar-refractivity contribution >= 4 is 73.1 Å². The minimum Gasteiger partial charge on any atom is -0.325 e. The smallest absolute Gasteiger partial charge is 0.262 e. The monoisotopic (exact) mass is 703 g/mol. The Hall–Kier alpha value is -3.55. The Bertz CT molecular complexity index is 2110. The predicted octanol–water partition coefficient (Wildman–Crippen LogP) is 7.14. The Kier molecular flexibility index (Phi) is 8.96. The summed E-state index contributed by atoms with van der Waals surface area (Å²) in [6.45, 7) is -0.0998. The number of nitrogens with one attached hydrogen (secondary N) is 1. The van der Waals surface area contributed by atoms with E-state index in [-0.39, 0.29) is 6.54 Å². The maximum atomic E-state index is 12.9. The molecule has 8 nitrogen and oxygen atoms in total. The average molecular weight is 704 g/mol. The molecule has 2 aliphatic carbocycles. The van der Waals surface area contributed by atoms with Crippen LogP contribution in [0.3, 0.4) is 0 Å². The molecule has 3 heterocycles. The van der Waals surface area contributed by atoms with Gasteiger partial charge in [-0.15, -0.1) is 0 Å². The lowest BCUT2D eigenvalue weighted by Crippen LogP contribution is -2.38. The maximum Gasteiger partial charge on any atom is 0.262 e. The number of allylic oxidation sites excluding steroid dienone is 6. The van der Waals surface area contributed by atoms with Gasteiger partial charge in [0.05, 0.1) is 24.1 Å². The average Bonchev–Trinajstić information content (AvgIpc) is 3.75. The molecule has 0 spiro atoms. The number of carbonyl (C=O) groups excluding carboxylic acids is 1. The molecule has 7 rings (SSSR count). The number of sulfonamides is 1. The standard InChI is InChI=1S/C35H34N4O4S4/c1-37-29-21-28(46-43-2)11-13-31(29)44-34(37)18-23-6-8-25-9-7-24(17-26(25)16-23)19-35-39(22-33(40)36-47(3,41)42)30-20-27(10-12-32(30)45-35)38-14-4-5-15-38/h4-5,10-21,25H,6-9,22H2,1-3H3/p+1. The molecule has 0 saturated carbocycles. The fourth-order valence-electron chi connectivity index (χ4n) is 6.38. The van der Waals surface area contributed by atoms with Crippen LogP contribution in [0.25, 0.3) is 22.0 Å². The van der Waals surface area contributed by atoms with Crippen molar-refractivity contribution in [1.82, 2.24) is 9.29 Å². The fourth-order valence-corrected chi connectivity index (χ4v) is 9.56. The normalized spacial score (nSPS) is 19.6. The van der Waals surface area contributed by atoms with Gasteiger partial charge in [0.25, 0.3) is 10.9 Å². The number of hydrogen-bond donors (Lipinski definition) is 1. The third kappa shape index (κ3) is 7.02. The van der Waals surface area contributed by atoms with E-state index in [4.69, 9.17) is 4.18 Å². The number of aromatic nitrogens is 2. The third-order valence-electron chi connectivity index (χ3n) is 8.59. The van der Waals surface area contributed by atoms with Crippen LogP contribution in [0.4, 0.5) is 5.69 Å². The lowest BCUT2D eigenvalue weighted by atomic mass is 9.77. The zero-order valence-corrected chi connectivity index (χ0v) is 29.6. The van der Waals surface area contributed by atoms with Gasteiger partial charge in [0.2, 0.25) is 15.5 Å². The summed E-state index contributed by atoms with van der Waals surface area (Å²) in [4.78, 5) is 16.9. The van der Waals surface area contributed by atoms with Gasteiger partial charge < -0.3 is 13.7 Å². The number of carbonyl (C=O) groups is 1. The molecule has 1 unspecified atom stereocenters. The van der Waals surface area contributed by atoms with Gasteiger partial charge in [0.1, 0.15) is 18.3 Å². The van der Waals surface area contributed by atoms with Crippen molar-refractivity contribution in [2.75, 3.05) is 24.8 Å². The van der Waals surface area contributed by atoms with Crippen molar-refractivity contribution in [2.24, 2.45) is 13.0 Å². The maximum absolute atomic E-state index is 12.9. The Morgan fingerprint density at radius 3 is 2.70 bits per heavy atom. The SMILES string of the molecule is COSc1ccc2sc(C=C3C=C4C=C(C=C5Sc6ccc(-n7cccc7)cc6N5CC(=O)NS(C)(=O)=O)CCC4CC3)[n+](C)c2c1. The number of amides is 1. The zero-order valence-electron chi connectivity index (χ0n) is 26.3. The highest BCUT2D eigenvalue weighted by Gasteiger charge is 2.30. The largest absolute Gasteiger partial charge is 0.325 e. The third-order valence-corrected chi connectivity index (χ3v) is 12.1. The highest BCUT2D eigenvalue weighted by atomic mass is 32.2. The van der Waals surface area contributed by atoms with E-state index < -0.39 is 15.9 Å². The van der Waals surface area contributed by atoms with Crippen LogP contribution < -0.4 is 14.2 Å². The molecule has 1 aliphatic heterocycles. The zero-order chi connectivity index (χ0) is 32.7. The van der Waals surface area contributed by atoms with Gasteiger partial charge in [-0.2, -0.15) is 4.57 Å². The molecule has 4 aromatic rings. The fraction of sp³-hybridized carbons (Fsp3) is 0.257. The van der Waals surface area contributed by atoms with Crippen LogP contribution in [0.2, 0.25) is 0 Å². The summed E-state index contributed by atoms with van der Waals surface area (Å²) < 4.78 is 36.6. The molecule has 2 aromatic heterocycles. The lowest BCUT2D eigenvalue weighted by Gasteiger charge is -2.28. The molecule has 1 atom stereocenters. The van der Waals surface area contributed by atoms with E-state index in [1.807, 2.05) is 40.1 Å². The molecule has 2 aromatic carbocycles. The first-order valence-electron chi connectivity index (χ1n) is 15.3. The molecule has 12 heteroatoms. The van der Waals surface area contributed by atoms with Gasteiger partial charge in [-0.3, -0.25) is 9.52 Å². The quantitative estimate of drug-likeness (QED) is 0.154. The van der Waals surface area contributed by atoms with Crippen molar-refractivity contribution in [3.8, 4) is 5.69 Å². The number of hydrogen-bond acceptors (Lipinski definition) is 8. The number of fused-ring (bicyclic) bond motifs is 3. The van der Waals surface area contributed by atoms with E-state index >= 15 is 0 Å². The van der Waals surface area contributed by atoms with Crippen LogP contribution in [0.5, 0.6) is 0 Å². The van der Waals surface area contributed by atoms with Gasteiger partial charge in [-0.1, -0.05) is 35.3 Å². The first-order valence-corrected chi connectivity index (χ1v) is 19.6. The molecule has 0 radical (unpaired) electrons. The second kappa shape index (κ2) is 13.2. The van der Waals surface area contributed by atoms with Gasteiger partial charge in [0, 0.05) is 52.1 Å². The number of benzene rings is 2. The second-order valence-corrected chi connectivity index (χ2v) is 16.8. The first-order chi connectivity index (χ1) is 22.6. The highest BCUT2D eigenvalue weighted by Crippen LogP contribution is 2.48. The number of thiazole rings is 1. The van der Waals surface area contributed by atoms with Crippen molar-refractivity contribution in [1.29, 1.82) is 0 Å². The molecule has 0 fully saturated rings. The number of thioether (sulfide) groups is 1. The summed E-state index contributed by atoms with van der Waals surface area (Å²) in [6.07, 6.45) is 18.3. The van der Waals surface area contributed by atoms with Crippen LogP contribution in [-0.4, -0.2) is 38.8 Å². The Morgan fingerprint density at radius 2 is 1.91 bits per heavy atom. The summed E-state index contributed by atoms with van der Waals surface area (Å²) in [5.41, 5.74) is 6.93. The van der Waals surface area contributed by atoms with Crippen molar-refractivity contribution in [2.45, 2.75) is 35.5 Å². The van der Waals surface area contributed by atoms with Crippen LogP contribution in [0.1, 0.15) is 30.7 Å². The van der Waals surface area contributed by atoms with Crippen LogP contribution >= 0.6 is 35.1 Å². The summed E-state index contributed by atoms with van der Waals surface area (Å²) >= 11 is 4.78. The Morgan fingerprint density at radius 1 is 1.11 bits per heavy atom. The molecular weight excluding hydrogens is 669 g/mol. The highest BCUT2D eigenvalue weighted by molar-refractivity contribution is 8.03. The van der Waals surface area contributed by atoms with E-state index in [0.717, 1.165) is 58.1 Å².